The highest BCUT2D eigenvalue weighted by atomic mass is 16.5. The van der Waals surface area contributed by atoms with Crippen LogP contribution in [0.1, 0.15) is 12.8 Å². The van der Waals surface area contributed by atoms with Crippen molar-refractivity contribution < 1.29 is 20.4 Å². The van der Waals surface area contributed by atoms with Gasteiger partial charge in [0.1, 0.15) is 6.04 Å². The molecule has 0 radical (unpaired) electrons. The first-order valence-electron chi connectivity index (χ1n) is 3.39. The highest BCUT2D eigenvalue weighted by Crippen LogP contribution is 2.03. The van der Waals surface area contributed by atoms with Gasteiger partial charge in [0.05, 0.1) is 0 Å². The Kier molecular flexibility index (Phi) is 5.62. The van der Waals surface area contributed by atoms with Crippen LogP contribution in [0.25, 0.3) is 0 Å². The van der Waals surface area contributed by atoms with Crippen molar-refractivity contribution in [3.63, 3.8) is 0 Å². The van der Waals surface area contributed by atoms with Crippen LogP contribution in [0.3, 0.4) is 0 Å². The maximum absolute atomic E-state index is 10.1. The summed E-state index contributed by atoms with van der Waals surface area (Å²) in [6, 6.07) is -0.269. The van der Waals surface area contributed by atoms with Crippen LogP contribution in [0.2, 0.25) is 0 Å². The highest BCUT2D eigenvalue weighted by molar-refractivity contribution is 5.73. The van der Waals surface area contributed by atoms with E-state index >= 15 is 0 Å². The molecule has 0 unspecified atom stereocenters. The number of carbonyl (C=O) groups is 1. The Balaban J connectivity index is 0.000000261. The van der Waals surface area contributed by atoms with E-state index in [1.165, 1.54) is 0 Å². The summed E-state index contributed by atoms with van der Waals surface area (Å²) < 4.78 is 0. The SMILES string of the molecule is O=C(O)[C@@H]1CCCN1.[O-][NH+]=NO. The fraction of sp³-hybridized carbons (Fsp3) is 0.800. The van der Waals surface area contributed by atoms with Crippen molar-refractivity contribution >= 4 is 5.97 Å². The molecule has 7 nitrogen and oxygen atoms in total. The van der Waals surface area contributed by atoms with Gasteiger partial charge in [-0.05, 0) is 19.4 Å². The van der Waals surface area contributed by atoms with Gasteiger partial charge in [0.2, 0.25) is 0 Å². The van der Waals surface area contributed by atoms with Crippen molar-refractivity contribution in [3.05, 3.63) is 5.21 Å². The molecule has 0 aromatic rings. The van der Waals surface area contributed by atoms with Gasteiger partial charge in [-0.1, -0.05) is 5.28 Å². The number of nitrogens with one attached hydrogen (secondary N) is 2. The minimum atomic E-state index is -0.720. The van der Waals surface area contributed by atoms with E-state index in [-0.39, 0.29) is 6.04 Å². The third-order valence-electron chi connectivity index (χ3n) is 1.40. The van der Waals surface area contributed by atoms with Gasteiger partial charge >= 0.3 is 5.97 Å². The normalized spacial score (nSPS) is 21.8. The largest absolute Gasteiger partial charge is 0.599 e. The molecule has 0 aliphatic carbocycles. The summed E-state index contributed by atoms with van der Waals surface area (Å²) in [6.07, 6.45) is 1.78. The van der Waals surface area contributed by atoms with E-state index in [1.807, 2.05) is 5.28 Å². The van der Waals surface area contributed by atoms with E-state index in [0.717, 1.165) is 24.7 Å². The van der Waals surface area contributed by atoms with E-state index < -0.39 is 5.97 Å². The molecule has 0 amide bonds. The quantitative estimate of drug-likeness (QED) is 0.279. The Morgan fingerprint density at radius 3 is 2.50 bits per heavy atom. The van der Waals surface area contributed by atoms with Crippen LogP contribution in [-0.4, -0.2) is 28.9 Å². The molecule has 1 aliphatic rings. The first kappa shape index (κ1) is 10.6. The second-order valence-electron chi connectivity index (χ2n) is 2.18. The van der Waals surface area contributed by atoms with Gasteiger partial charge in [-0.25, -0.2) is 0 Å². The molecule has 0 aromatic carbocycles. The summed E-state index contributed by atoms with van der Waals surface area (Å²) in [5, 5.41) is 29.7. The molecule has 1 fully saturated rings. The molecule has 1 aliphatic heterocycles. The second kappa shape index (κ2) is 6.35. The molecule has 0 aromatic heterocycles. The smallest absolute Gasteiger partial charge is 0.320 e. The lowest BCUT2D eigenvalue weighted by Crippen LogP contribution is -2.55. The van der Waals surface area contributed by atoms with E-state index in [2.05, 4.69) is 5.32 Å². The number of hydrogen-bond acceptors (Lipinski definition) is 4. The van der Waals surface area contributed by atoms with E-state index in [0.29, 0.717) is 0 Å². The molecule has 0 spiro atoms. The van der Waals surface area contributed by atoms with E-state index in [1.54, 1.807) is 0 Å². The van der Waals surface area contributed by atoms with Crippen LogP contribution in [0.5, 0.6) is 0 Å². The minimum Gasteiger partial charge on any atom is -0.599 e. The van der Waals surface area contributed by atoms with Gasteiger partial charge in [-0.3, -0.25) is 4.79 Å². The standard InChI is InChI=1S/C5H9NO2.H2N2O2/c7-5(8)4-2-1-3-6-4;3-1-2-4/h4,6H,1-3H2,(H,7,8);1H,(H-,2,3,4)/t4-;/m0./s1. The Morgan fingerprint density at radius 1 is 1.75 bits per heavy atom. The monoisotopic (exact) mass is 177 g/mol. The number of hydrogen-bond donors (Lipinski definition) is 4. The van der Waals surface area contributed by atoms with Gasteiger partial charge in [-0.15, -0.1) is 0 Å². The molecule has 0 bridgehead atoms. The highest BCUT2D eigenvalue weighted by Gasteiger charge is 2.20. The van der Waals surface area contributed by atoms with Crippen molar-refractivity contribution in [2.24, 2.45) is 5.28 Å². The molecular formula is C5H11N3O4. The number of nitrogens with zero attached hydrogens (tertiary/aromatic N) is 1. The topological polar surface area (TPSA) is 119 Å². The van der Waals surface area contributed by atoms with Crippen molar-refractivity contribution in [2.45, 2.75) is 18.9 Å². The van der Waals surface area contributed by atoms with E-state index in [4.69, 9.17) is 15.5 Å². The molecule has 1 heterocycles. The zero-order valence-corrected chi connectivity index (χ0v) is 6.36. The van der Waals surface area contributed by atoms with Gasteiger partial charge in [0, 0.05) is 0 Å². The number of carboxylic acid groups (broad SMARTS) is 1. The van der Waals surface area contributed by atoms with E-state index in [9.17, 15) is 4.79 Å². The Bertz CT molecular complexity index is 151. The van der Waals surface area contributed by atoms with Crippen LogP contribution in [0.4, 0.5) is 0 Å². The Hall–Kier alpha value is -1.37. The fourth-order valence-electron chi connectivity index (χ4n) is 0.895. The molecule has 12 heavy (non-hydrogen) atoms. The van der Waals surface area contributed by atoms with Gasteiger partial charge in [0.25, 0.3) is 0 Å². The van der Waals surface area contributed by atoms with Crippen molar-refractivity contribution in [1.29, 1.82) is 0 Å². The third-order valence-corrected chi connectivity index (χ3v) is 1.40. The lowest BCUT2D eigenvalue weighted by molar-refractivity contribution is -0.490. The molecule has 1 rings (SSSR count). The van der Waals surface area contributed by atoms with Crippen molar-refractivity contribution in [3.8, 4) is 0 Å². The zero-order chi connectivity index (χ0) is 9.40. The van der Waals surface area contributed by atoms with Crippen LogP contribution in [-0.2, 0) is 4.79 Å². The Labute approximate surface area is 68.6 Å². The molecule has 4 N–H and O–H groups in total. The fourth-order valence-corrected chi connectivity index (χ4v) is 0.895. The molecule has 70 valence electrons. The van der Waals surface area contributed by atoms with Crippen LogP contribution < -0.4 is 10.6 Å². The summed E-state index contributed by atoms with van der Waals surface area (Å²) in [6.45, 7) is 0.858. The maximum atomic E-state index is 10.1. The second-order valence-corrected chi connectivity index (χ2v) is 2.18. The summed E-state index contributed by atoms with van der Waals surface area (Å²) in [7, 11) is 0. The predicted octanol–water partition coefficient (Wildman–Crippen LogP) is -1.77. The lowest BCUT2D eigenvalue weighted by Gasteiger charge is -1.99. The third kappa shape index (κ3) is 4.45. The summed E-state index contributed by atoms with van der Waals surface area (Å²) >= 11 is 0. The molecule has 0 saturated carbocycles. The van der Waals surface area contributed by atoms with Crippen molar-refractivity contribution in [2.75, 3.05) is 6.54 Å². The minimum absolute atomic E-state index is 0.269. The first-order valence-corrected chi connectivity index (χ1v) is 3.39. The number of aliphatic carboxylic acids is 1. The predicted molar refractivity (Wildman–Crippen MR) is 37.2 cm³/mol. The lowest BCUT2D eigenvalue weighted by atomic mass is 10.2. The van der Waals surface area contributed by atoms with Crippen LogP contribution >= 0.6 is 0 Å². The molecule has 7 heteroatoms. The number of carboxylic acids is 1. The summed E-state index contributed by atoms with van der Waals surface area (Å²) in [4.78, 5) is 10.1. The molecule has 1 atom stereocenters. The molecule has 1 saturated heterocycles. The maximum Gasteiger partial charge on any atom is 0.320 e. The Morgan fingerprint density at radius 2 is 2.33 bits per heavy atom. The first-order chi connectivity index (χ1) is 5.72. The van der Waals surface area contributed by atoms with Gasteiger partial charge < -0.3 is 20.8 Å². The average Bonchev–Trinajstić information content (AvgIpc) is 2.57. The van der Waals surface area contributed by atoms with Crippen LogP contribution in [0, 0.1) is 5.21 Å². The molecular weight excluding hydrogens is 166 g/mol. The summed E-state index contributed by atoms with van der Waals surface area (Å²) in [5.74, 6) is -0.720. The van der Waals surface area contributed by atoms with Gasteiger partial charge in [0.15, 0.2) is 5.28 Å². The van der Waals surface area contributed by atoms with Gasteiger partial charge in [-0.2, -0.15) is 0 Å². The average molecular weight is 177 g/mol. The van der Waals surface area contributed by atoms with Crippen LogP contribution in [0.15, 0.2) is 5.28 Å². The zero-order valence-electron chi connectivity index (χ0n) is 6.36. The summed E-state index contributed by atoms with van der Waals surface area (Å²) in [5.41, 5.74) is 0. The number of rotatable bonds is 1. The van der Waals surface area contributed by atoms with Crippen molar-refractivity contribution in [1.82, 2.24) is 5.32 Å².